The fraction of sp³-hybridized carbons (Fsp3) is 0.400. The number of rotatable bonds is 0. The molecule has 1 rings (SSSR count). The summed E-state index contributed by atoms with van der Waals surface area (Å²) in [7, 11) is 0. The molecule has 52 valence electrons. The molecule has 1 aliphatic rings. The lowest BCUT2D eigenvalue weighted by molar-refractivity contribution is -0.518. The van der Waals surface area contributed by atoms with Gasteiger partial charge in [-0.2, -0.15) is 5.26 Å². The highest BCUT2D eigenvalue weighted by atomic mass is 15.0. The molecule has 5 nitrogen and oxygen atoms in total. The van der Waals surface area contributed by atoms with Crippen molar-refractivity contribution in [2.45, 2.75) is 0 Å². The van der Waals surface area contributed by atoms with E-state index in [0.717, 1.165) is 13.1 Å². The van der Waals surface area contributed by atoms with Gasteiger partial charge in [0.2, 0.25) is 0 Å². The van der Waals surface area contributed by atoms with Crippen LogP contribution in [0.25, 0.3) is 5.41 Å². The smallest absolute Gasteiger partial charge is 0.182 e. The Morgan fingerprint density at radius 1 is 1.80 bits per heavy atom. The Kier molecular flexibility index (Phi) is 6.38. The summed E-state index contributed by atoms with van der Waals surface area (Å²) in [5.74, 6) is 0. The van der Waals surface area contributed by atoms with Crippen molar-refractivity contribution in [2.24, 2.45) is 9.98 Å². The minimum absolute atomic E-state index is 1.01. The van der Waals surface area contributed by atoms with Gasteiger partial charge in [0.05, 0.1) is 12.7 Å². The molecule has 0 unspecified atom stereocenters. The van der Waals surface area contributed by atoms with Gasteiger partial charge in [-0.3, -0.25) is 0 Å². The number of quaternary nitrogens is 1. The molecule has 0 saturated carbocycles. The van der Waals surface area contributed by atoms with Crippen LogP contribution in [-0.2, 0) is 0 Å². The molecule has 0 bridgehead atoms. The molecule has 0 aromatic rings. The molecule has 0 fully saturated rings. The molecule has 5 heteroatoms. The second-order valence-corrected chi connectivity index (χ2v) is 1.39. The number of nitrogens with two attached hydrogens (primary N) is 1. The third kappa shape index (κ3) is 6.50. The average Bonchev–Trinajstić information content (AvgIpc) is 2.44. The first-order valence-corrected chi connectivity index (χ1v) is 2.71. The summed E-state index contributed by atoms with van der Waals surface area (Å²) in [6, 6.07) is 1.28. The van der Waals surface area contributed by atoms with E-state index in [9.17, 15) is 0 Å². The summed E-state index contributed by atoms with van der Waals surface area (Å²) in [4.78, 5) is 6.49. The van der Waals surface area contributed by atoms with Crippen molar-refractivity contribution < 1.29 is 5.32 Å². The van der Waals surface area contributed by atoms with Gasteiger partial charge in [-0.05, 0) is 0 Å². The van der Waals surface area contributed by atoms with Crippen molar-refractivity contribution in [1.29, 1.82) is 5.26 Å². The predicted octanol–water partition coefficient (Wildman–Crippen LogP) is -1.20. The summed E-state index contributed by atoms with van der Waals surface area (Å²) >= 11 is 0. The molecule has 1 aliphatic heterocycles. The van der Waals surface area contributed by atoms with Crippen LogP contribution < -0.4 is 5.32 Å². The third-order valence-corrected chi connectivity index (χ3v) is 0.736. The molecular formula is C5H7N5. The monoisotopic (exact) mass is 137 g/mol. The van der Waals surface area contributed by atoms with Crippen molar-refractivity contribution in [3.63, 3.8) is 0 Å². The fourth-order valence-corrected chi connectivity index (χ4v) is 0.395. The van der Waals surface area contributed by atoms with Crippen molar-refractivity contribution in [2.75, 3.05) is 13.1 Å². The van der Waals surface area contributed by atoms with Crippen LogP contribution in [0.2, 0.25) is 0 Å². The number of hydrogen-bond donors (Lipinski definition) is 1. The topological polar surface area (TPSA) is 87.4 Å². The lowest BCUT2D eigenvalue weighted by atomic mass is 10.7. The quantitative estimate of drug-likeness (QED) is 0.330. The maximum Gasteiger partial charge on any atom is 0.182 e. The Morgan fingerprint density at radius 2 is 2.60 bits per heavy atom. The van der Waals surface area contributed by atoms with Crippen LogP contribution in [0.1, 0.15) is 0 Å². The predicted molar refractivity (Wildman–Crippen MR) is 36.6 cm³/mol. The van der Waals surface area contributed by atoms with Gasteiger partial charge < -0.3 is 15.7 Å². The van der Waals surface area contributed by atoms with Crippen LogP contribution in [-0.4, -0.2) is 25.4 Å². The van der Waals surface area contributed by atoms with Crippen LogP contribution >= 0.6 is 0 Å². The summed E-state index contributed by atoms with van der Waals surface area (Å²) in [5, 5.41) is 16.9. The molecule has 0 atom stereocenters. The number of aliphatic imine (C=N–C) groups is 2. The molecule has 0 radical (unpaired) electrons. The van der Waals surface area contributed by atoms with Crippen molar-refractivity contribution >= 4 is 12.3 Å². The van der Waals surface area contributed by atoms with Gasteiger partial charge in [0.15, 0.2) is 6.34 Å². The van der Waals surface area contributed by atoms with Gasteiger partial charge in [0.25, 0.3) is 0 Å². The Morgan fingerprint density at radius 3 is 2.70 bits per heavy atom. The van der Waals surface area contributed by atoms with Gasteiger partial charge in [-0.1, -0.05) is 0 Å². The molecule has 10 heavy (non-hydrogen) atoms. The van der Waals surface area contributed by atoms with E-state index in [1.54, 1.807) is 0 Å². The van der Waals surface area contributed by atoms with Gasteiger partial charge in [-0.15, -0.1) is 6.01 Å². The first-order chi connectivity index (χ1) is 4.91. The maximum absolute atomic E-state index is 7.43. The molecule has 0 amide bonds. The van der Waals surface area contributed by atoms with Crippen molar-refractivity contribution in [3.8, 4) is 6.19 Å². The van der Waals surface area contributed by atoms with E-state index in [1.807, 2.05) is 6.34 Å². The highest BCUT2D eigenvalue weighted by molar-refractivity contribution is 5.46. The van der Waals surface area contributed by atoms with Crippen LogP contribution in [0, 0.1) is 11.5 Å². The fourth-order valence-electron chi connectivity index (χ4n) is 0.395. The van der Waals surface area contributed by atoms with E-state index in [0.29, 0.717) is 0 Å². The Balaban J connectivity index is 0.000000162. The molecule has 1 heterocycles. The molecule has 2 N–H and O–H groups in total. The Labute approximate surface area is 58.6 Å². The van der Waals surface area contributed by atoms with E-state index in [4.69, 9.17) is 10.7 Å². The standard InChI is InChI=1S/C3H6N2.C2N3/c1-2-5-3-4-1;3-1-5-2-4/h3H,1-2H2,(H,4,5);/q;-1/p+1. The Bertz CT molecular complexity index is 177. The minimum atomic E-state index is 1.01. The van der Waals surface area contributed by atoms with E-state index >= 15 is 0 Å². The van der Waals surface area contributed by atoms with Gasteiger partial charge in [-0.25, -0.2) is 4.99 Å². The molecule has 0 spiro atoms. The number of hydrogen-bond acceptors (Lipinski definition) is 3. The minimum Gasteiger partial charge on any atom is -0.422 e. The van der Waals surface area contributed by atoms with Crippen molar-refractivity contribution in [1.82, 2.24) is 0 Å². The lowest BCUT2D eigenvalue weighted by Crippen LogP contribution is -2.80. The van der Waals surface area contributed by atoms with Gasteiger partial charge >= 0.3 is 0 Å². The van der Waals surface area contributed by atoms with Crippen LogP contribution in [0.4, 0.5) is 0 Å². The second kappa shape index (κ2) is 7.50. The SMILES string of the molecule is C1=NCC[NH2+]1.N#CN=C=[N-]. The molecular weight excluding hydrogens is 130 g/mol. The van der Waals surface area contributed by atoms with E-state index in [-0.39, 0.29) is 0 Å². The number of nitrogens with zero attached hydrogens (tertiary/aromatic N) is 4. The molecule has 0 aliphatic carbocycles. The normalized spacial score (nSPS) is 12.3. The maximum atomic E-state index is 7.43. The first-order valence-electron chi connectivity index (χ1n) is 2.71. The van der Waals surface area contributed by atoms with E-state index < -0.39 is 0 Å². The number of nitriles is 1. The summed E-state index contributed by atoms with van der Waals surface area (Å²) in [6.45, 7) is 2.17. The molecule has 0 saturated heterocycles. The summed E-state index contributed by atoms with van der Waals surface area (Å²) < 4.78 is 0. The molecule has 0 aromatic carbocycles. The van der Waals surface area contributed by atoms with Crippen molar-refractivity contribution in [3.05, 3.63) is 5.41 Å². The van der Waals surface area contributed by atoms with Crippen LogP contribution in [0.5, 0.6) is 0 Å². The lowest BCUT2D eigenvalue weighted by Gasteiger charge is -1.68. The van der Waals surface area contributed by atoms with Gasteiger partial charge in [0.1, 0.15) is 6.54 Å². The average molecular weight is 137 g/mol. The van der Waals surface area contributed by atoms with E-state index in [1.165, 1.54) is 12.2 Å². The Hall–Kier alpha value is -1.50. The highest BCUT2D eigenvalue weighted by Crippen LogP contribution is 1.59. The largest absolute Gasteiger partial charge is 0.422 e. The summed E-state index contributed by atoms with van der Waals surface area (Å²) in [5.41, 5.74) is 0. The van der Waals surface area contributed by atoms with E-state index in [2.05, 4.69) is 15.3 Å². The summed E-state index contributed by atoms with van der Waals surface area (Å²) in [6.07, 6.45) is 3.14. The zero-order chi connectivity index (χ0) is 7.66. The molecule has 0 aromatic heterocycles. The highest BCUT2D eigenvalue weighted by Gasteiger charge is 1.88. The zero-order valence-electron chi connectivity index (χ0n) is 5.36. The van der Waals surface area contributed by atoms with Crippen LogP contribution in [0.3, 0.4) is 0 Å². The van der Waals surface area contributed by atoms with Gasteiger partial charge in [0, 0.05) is 0 Å². The second-order valence-electron chi connectivity index (χ2n) is 1.39. The third-order valence-electron chi connectivity index (χ3n) is 0.736. The zero-order valence-corrected chi connectivity index (χ0v) is 5.36. The van der Waals surface area contributed by atoms with Crippen LogP contribution in [0.15, 0.2) is 9.98 Å². The first kappa shape index (κ1) is 8.50.